The lowest BCUT2D eigenvalue weighted by atomic mass is 10.0. The van der Waals surface area contributed by atoms with Crippen molar-refractivity contribution in [3.8, 4) is 11.3 Å². The number of aryl methyl sites for hydroxylation is 1. The summed E-state index contributed by atoms with van der Waals surface area (Å²) in [6.07, 6.45) is 3.23. The van der Waals surface area contributed by atoms with Crippen LogP contribution in [0.3, 0.4) is 0 Å². The topological polar surface area (TPSA) is 29.9 Å². The van der Waals surface area contributed by atoms with Gasteiger partial charge in [0.25, 0.3) is 0 Å². The van der Waals surface area contributed by atoms with Crippen LogP contribution in [0.4, 0.5) is 0 Å². The molecule has 1 aliphatic rings. The van der Waals surface area contributed by atoms with Crippen molar-refractivity contribution in [3.63, 3.8) is 0 Å². The molecule has 1 aromatic heterocycles. The molecule has 0 saturated carbocycles. The third-order valence-corrected chi connectivity index (χ3v) is 4.06. The van der Waals surface area contributed by atoms with Gasteiger partial charge in [-0.05, 0) is 31.5 Å². The van der Waals surface area contributed by atoms with Crippen LogP contribution in [0.2, 0.25) is 5.02 Å². The monoisotopic (exact) mass is 289 g/mol. The summed E-state index contributed by atoms with van der Waals surface area (Å²) < 4.78 is 2.20. The Morgan fingerprint density at radius 1 is 1.20 bits per heavy atom. The second kappa shape index (κ2) is 5.98. The SMILES string of the molecule is CCCn1nc(-c2ccc(Cl)cc2)c2c1CCNCC2. The normalized spacial score (nSPS) is 14.9. The summed E-state index contributed by atoms with van der Waals surface area (Å²) in [5, 5.41) is 9.12. The number of hydrogen-bond acceptors (Lipinski definition) is 2. The van der Waals surface area contributed by atoms with Crippen LogP contribution in [0.15, 0.2) is 24.3 Å². The Bertz CT molecular complexity index is 587. The average Bonchev–Trinajstić information content (AvgIpc) is 2.64. The maximum atomic E-state index is 5.99. The molecule has 0 radical (unpaired) electrons. The third-order valence-electron chi connectivity index (χ3n) is 3.81. The van der Waals surface area contributed by atoms with E-state index >= 15 is 0 Å². The van der Waals surface area contributed by atoms with Crippen LogP contribution in [0.25, 0.3) is 11.3 Å². The number of nitrogens with zero attached hydrogens (tertiary/aromatic N) is 2. The molecule has 1 aromatic carbocycles. The maximum absolute atomic E-state index is 5.99. The van der Waals surface area contributed by atoms with E-state index < -0.39 is 0 Å². The van der Waals surface area contributed by atoms with Gasteiger partial charge in [0.1, 0.15) is 0 Å². The van der Waals surface area contributed by atoms with E-state index in [1.165, 1.54) is 16.8 Å². The molecule has 0 bridgehead atoms. The van der Waals surface area contributed by atoms with Crippen LogP contribution < -0.4 is 5.32 Å². The van der Waals surface area contributed by atoms with E-state index in [1.807, 2.05) is 12.1 Å². The number of benzene rings is 1. The van der Waals surface area contributed by atoms with Gasteiger partial charge in [-0.1, -0.05) is 30.7 Å². The van der Waals surface area contributed by atoms with E-state index in [0.717, 1.165) is 49.6 Å². The summed E-state index contributed by atoms with van der Waals surface area (Å²) in [5.41, 5.74) is 5.11. The van der Waals surface area contributed by atoms with Crippen LogP contribution in [-0.4, -0.2) is 22.9 Å². The van der Waals surface area contributed by atoms with E-state index in [9.17, 15) is 0 Å². The average molecular weight is 290 g/mol. The van der Waals surface area contributed by atoms with Gasteiger partial charge in [-0.3, -0.25) is 4.68 Å². The zero-order valence-electron chi connectivity index (χ0n) is 11.8. The number of aromatic nitrogens is 2. The van der Waals surface area contributed by atoms with Crippen LogP contribution in [-0.2, 0) is 19.4 Å². The number of halogens is 1. The lowest BCUT2D eigenvalue weighted by molar-refractivity contribution is 0.569. The fourth-order valence-corrected chi connectivity index (χ4v) is 2.98. The van der Waals surface area contributed by atoms with Gasteiger partial charge in [0, 0.05) is 41.4 Å². The van der Waals surface area contributed by atoms with Gasteiger partial charge in [0.15, 0.2) is 0 Å². The first-order valence-corrected chi connectivity index (χ1v) is 7.72. The van der Waals surface area contributed by atoms with Crippen molar-refractivity contribution < 1.29 is 0 Å². The maximum Gasteiger partial charge on any atom is 0.0958 e. The van der Waals surface area contributed by atoms with E-state index in [4.69, 9.17) is 16.7 Å². The molecule has 2 aromatic rings. The molecular formula is C16H20ClN3. The lowest BCUT2D eigenvalue weighted by Crippen LogP contribution is -2.17. The molecular weight excluding hydrogens is 270 g/mol. The molecule has 0 spiro atoms. The van der Waals surface area contributed by atoms with Gasteiger partial charge in [0.05, 0.1) is 5.69 Å². The smallest absolute Gasteiger partial charge is 0.0958 e. The van der Waals surface area contributed by atoms with Crippen molar-refractivity contribution >= 4 is 11.6 Å². The molecule has 2 heterocycles. The molecule has 0 atom stereocenters. The molecule has 20 heavy (non-hydrogen) atoms. The standard InChI is InChI=1S/C16H20ClN3/c1-2-11-20-15-8-10-18-9-7-14(15)16(19-20)12-3-5-13(17)6-4-12/h3-6,18H,2,7-11H2,1H3. The molecule has 0 amide bonds. The highest BCUT2D eigenvalue weighted by atomic mass is 35.5. The van der Waals surface area contributed by atoms with E-state index in [0.29, 0.717) is 0 Å². The first-order chi connectivity index (χ1) is 9.79. The second-order valence-electron chi connectivity index (χ2n) is 5.25. The predicted octanol–water partition coefficient (Wildman–Crippen LogP) is 3.30. The Morgan fingerprint density at radius 3 is 2.70 bits per heavy atom. The molecule has 106 valence electrons. The van der Waals surface area contributed by atoms with Gasteiger partial charge in [-0.25, -0.2) is 0 Å². The van der Waals surface area contributed by atoms with Crippen molar-refractivity contribution in [1.29, 1.82) is 0 Å². The van der Waals surface area contributed by atoms with Gasteiger partial charge in [-0.15, -0.1) is 0 Å². The first-order valence-electron chi connectivity index (χ1n) is 7.35. The second-order valence-corrected chi connectivity index (χ2v) is 5.69. The summed E-state index contributed by atoms with van der Waals surface area (Å²) in [5.74, 6) is 0. The summed E-state index contributed by atoms with van der Waals surface area (Å²) in [7, 11) is 0. The fraction of sp³-hybridized carbons (Fsp3) is 0.438. The highest BCUT2D eigenvalue weighted by Crippen LogP contribution is 2.28. The highest BCUT2D eigenvalue weighted by Gasteiger charge is 2.20. The molecule has 0 saturated heterocycles. The minimum Gasteiger partial charge on any atom is -0.316 e. The summed E-state index contributed by atoms with van der Waals surface area (Å²) >= 11 is 5.99. The number of fused-ring (bicyclic) bond motifs is 1. The molecule has 1 aliphatic heterocycles. The van der Waals surface area contributed by atoms with Gasteiger partial charge >= 0.3 is 0 Å². The fourth-order valence-electron chi connectivity index (χ4n) is 2.86. The quantitative estimate of drug-likeness (QED) is 0.939. The number of rotatable bonds is 3. The Morgan fingerprint density at radius 2 is 1.95 bits per heavy atom. The molecule has 1 N–H and O–H groups in total. The summed E-state index contributed by atoms with van der Waals surface area (Å²) in [4.78, 5) is 0. The third kappa shape index (κ3) is 2.60. The van der Waals surface area contributed by atoms with Gasteiger partial charge < -0.3 is 5.32 Å². The molecule has 0 fully saturated rings. The Kier molecular flexibility index (Phi) is 4.08. The van der Waals surface area contributed by atoms with E-state index in [1.54, 1.807) is 0 Å². The van der Waals surface area contributed by atoms with Crippen LogP contribution in [0.5, 0.6) is 0 Å². The van der Waals surface area contributed by atoms with E-state index in [-0.39, 0.29) is 0 Å². The zero-order valence-corrected chi connectivity index (χ0v) is 12.6. The van der Waals surface area contributed by atoms with Gasteiger partial charge in [-0.2, -0.15) is 5.10 Å². The van der Waals surface area contributed by atoms with Crippen molar-refractivity contribution in [2.75, 3.05) is 13.1 Å². The summed E-state index contributed by atoms with van der Waals surface area (Å²) in [6.45, 7) is 5.27. The largest absolute Gasteiger partial charge is 0.316 e. The number of nitrogens with one attached hydrogen (secondary N) is 1. The van der Waals surface area contributed by atoms with Crippen LogP contribution >= 0.6 is 11.6 Å². The molecule has 3 nitrogen and oxygen atoms in total. The Labute approximate surface area is 124 Å². The van der Waals surface area contributed by atoms with Gasteiger partial charge in [0.2, 0.25) is 0 Å². The molecule has 0 unspecified atom stereocenters. The van der Waals surface area contributed by atoms with Crippen LogP contribution in [0, 0.1) is 0 Å². The minimum atomic E-state index is 0.773. The highest BCUT2D eigenvalue weighted by molar-refractivity contribution is 6.30. The Hall–Kier alpha value is -1.32. The summed E-state index contributed by atoms with van der Waals surface area (Å²) in [6, 6.07) is 8.02. The van der Waals surface area contributed by atoms with Crippen molar-refractivity contribution in [1.82, 2.24) is 15.1 Å². The first kappa shape index (κ1) is 13.7. The predicted molar refractivity (Wildman–Crippen MR) is 83.2 cm³/mol. The van der Waals surface area contributed by atoms with E-state index in [2.05, 4.69) is 29.1 Å². The molecule has 0 aliphatic carbocycles. The van der Waals surface area contributed by atoms with Crippen LogP contribution in [0.1, 0.15) is 24.6 Å². The zero-order chi connectivity index (χ0) is 13.9. The van der Waals surface area contributed by atoms with Crippen molar-refractivity contribution in [3.05, 3.63) is 40.5 Å². The molecule has 3 rings (SSSR count). The van der Waals surface area contributed by atoms with Crippen molar-refractivity contribution in [2.45, 2.75) is 32.7 Å². The lowest BCUT2D eigenvalue weighted by Gasteiger charge is -2.04. The minimum absolute atomic E-state index is 0.773. The van der Waals surface area contributed by atoms with Crippen molar-refractivity contribution in [2.24, 2.45) is 0 Å². The Balaban J connectivity index is 2.07. The molecule has 4 heteroatoms. The number of hydrogen-bond donors (Lipinski definition) is 1.